The number of hydrogen-bond donors (Lipinski definition) is 0. The molecular formula is C26H22O4. The number of benzene rings is 4. The molecule has 0 unspecified atom stereocenters. The smallest absolute Gasteiger partial charge is 0.150 e. The van der Waals surface area contributed by atoms with Crippen LogP contribution >= 0.6 is 0 Å². The van der Waals surface area contributed by atoms with Crippen LogP contribution in [0.1, 0.15) is 15.9 Å². The number of fused-ring (bicyclic) bond motifs is 1. The number of aldehydes is 1. The molecule has 0 aliphatic heterocycles. The molecule has 0 bridgehead atoms. The van der Waals surface area contributed by atoms with Crippen LogP contribution < -0.4 is 14.2 Å². The second kappa shape index (κ2) is 8.29. The fourth-order valence-electron chi connectivity index (χ4n) is 3.59. The predicted molar refractivity (Wildman–Crippen MR) is 119 cm³/mol. The molecule has 0 aromatic heterocycles. The average molecular weight is 398 g/mol. The number of rotatable bonds is 6. The Morgan fingerprint density at radius 3 is 2.17 bits per heavy atom. The summed E-state index contributed by atoms with van der Waals surface area (Å²) in [6.45, 7) is 2.07. The molecule has 4 heteroatoms. The minimum atomic E-state index is 0.606. The lowest BCUT2D eigenvalue weighted by Crippen LogP contribution is -1.95. The summed E-state index contributed by atoms with van der Waals surface area (Å²) in [7, 11) is 3.31. The summed E-state index contributed by atoms with van der Waals surface area (Å²) >= 11 is 0. The van der Waals surface area contributed by atoms with E-state index in [4.69, 9.17) is 14.2 Å². The summed E-state index contributed by atoms with van der Waals surface area (Å²) in [6, 6.07) is 23.1. The van der Waals surface area contributed by atoms with E-state index >= 15 is 0 Å². The Kier molecular flexibility index (Phi) is 5.40. The van der Waals surface area contributed by atoms with Crippen LogP contribution in [-0.2, 0) is 0 Å². The lowest BCUT2D eigenvalue weighted by Gasteiger charge is -2.18. The van der Waals surface area contributed by atoms with Gasteiger partial charge in [0, 0.05) is 16.5 Å². The lowest BCUT2D eigenvalue weighted by atomic mass is 9.94. The van der Waals surface area contributed by atoms with E-state index in [1.807, 2.05) is 42.5 Å². The third-order valence-electron chi connectivity index (χ3n) is 5.09. The Balaban J connectivity index is 1.95. The van der Waals surface area contributed by atoms with E-state index < -0.39 is 0 Å². The maximum absolute atomic E-state index is 11.0. The molecule has 0 fully saturated rings. The maximum Gasteiger partial charge on any atom is 0.150 e. The number of hydrogen-bond acceptors (Lipinski definition) is 4. The highest BCUT2D eigenvalue weighted by atomic mass is 16.5. The normalized spacial score (nSPS) is 10.6. The molecule has 0 aliphatic rings. The topological polar surface area (TPSA) is 44.8 Å². The first-order valence-corrected chi connectivity index (χ1v) is 9.62. The van der Waals surface area contributed by atoms with Crippen molar-refractivity contribution in [3.8, 4) is 34.1 Å². The molecule has 30 heavy (non-hydrogen) atoms. The first-order valence-electron chi connectivity index (χ1n) is 9.62. The van der Waals surface area contributed by atoms with Crippen molar-refractivity contribution < 1.29 is 19.0 Å². The van der Waals surface area contributed by atoms with Crippen molar-refractivity contribution >= 4 is 17.1 Å². The molecule has 4 aromatic carbocycles. The van der Waals surface area contributed by atoms with E-state index in [2.05, 4.69) is 13.0 Å². The zero-order chi connectivity index (χ0) is 21.1. The molecule has 4 rings (SSSR count). The molecule has 0 saturated heterocycles. The van der Waals surface area contributed by atoms with Gasteiger partial charge in [0.25, 0.3) is 0 Å². The monoisotopic (exact) mass is 398 g/mol. The number of ether oxygens (including phenoxy) is 3. The van der Waals surface area contributed by atoms with Gasteiger partial charge in [0.15, 0.2) is 0 Å². The summed E-state index contributed by atoms with van der Waals surface area (Å²) in [5.74, 6) is 2.98. The molecule has 4 aromatic rings. The van der Waals surface area contributed by atoms with Gasteiger partial charge in [-0.2, -0.15) is 0 Å². The highest BCUT2D eigenvalue weighted by Crippen LogP contribution is 2.43. The number of carbonyl (C=O) groups is 1. The number of methoxy groups -OCH3 is 2. The summed E-state index contributed by atoms with van der Waals surface area (Å²) in [6.07, 6.45) is 0.819. The van der Waals surface area contributed by atoms with Gasteiger partial charge < -0.3 is 14.2 Å². The van der Waals surface area contributed by atoms with Gasteiger partial charge in [-0.25, -0.2) is 0 Å². The Morgan fingerprint density at radius 1 is 0.767 bits per heavy atom. The Bertz CT molecular complexity index is 1210. The third-order valence-corrected chi connectivity index (χ3v) is 5.09. The summed E-state index contributed by atoms with van der Waals surface area (Å²) in [5.41, 5.74) is 3.67. The highest BCUT2D eigenvalue weighted by Gasteiger charge is 2.17. The van der Waals surface area contributed by atoms with Crippen molar-refractivity contribution in [2.45, 2.75) is 6.92 Å². The first kappa shape index (κ1) is 19.5. The average Bonchev–Trinajstić information content (AvgIpc) is 2.79. The van der Waals surface area contributed by atoms with Gasteiger partial charge >= 0.3 is 0 Å². The van der Waals surface area contributed by atoms with E-state index in [9.17, 15) is 4.79 Å². The Hall–Kier alpha value is -3.79. The van der Waals surface area contributed by atoms with E-state index in [1.165, 1.54) is 0 Å². The summed E-state index contributed by atoms with van der Waals surface area (Å²) < 4.78 is 17.2. The highest BCUT2D eigenvalue weighted by molar-refractivity contribution is 5.98. The standard InChI is InChI=1S/C26H22O4/c1-17-13-20-15-23(29-3)11-12-24(20)26(30-21-9-7-18(16-27)8-10-21)25(17)19-5-4-6-22(14-19)28-2/h4-16H,1-3H3. The third kappa shape index (κ3) is 3.72. The van der Waals surface area contributed by atoms with Crippen LogP contribution in [0.2, 0.25) is 0 Å². The van der Waals surface area contributed by atoms with Crippen LogP contribution in [0, 0.1) is 6.92 Å². The molecule has 0 spiro atoms. The zero-order valence-electron chi connectivity index (χ0n) is 17.1. The van der Waals surface area contributed by atoms with Crippen molar-refractivity contribution in [2.24, 2.45) is 0 Å². The fraction of sp³-hybridized carbons (Fsp3) is 0.115. The molecule has 0 radical (unpaired) electrons. The van der Waals surface area contributed by atoms with Gasteiger partial charge in [-0.3, -0.25) is 4.79 Å². The first-order chi connectivity index (χ1) is 14.6. The Morgan fingerprint density at radius 2 is 1.47 bits per heavy atom. The van der Waals surface area contributed by atoms with Gasteiger partial charge in [0.2, 0.25) is 0 Å². The van der Waals surface area contributed by atoms with Crippen LogP contribution in [0.4, 0.5) is 0 Å². The zero-order valence-corrected chi connectivity index (χ0v) is 17.1. The van der Waals surface area contributed by atoms with Crippen LogP contribution in [0.15, 0.2) is 72.8 Å². The van der Waals surface area contributed by atoms with Crippen LogP contribution in [0.3, 0.4) is 0 Å². The van der Waals surface area contributed by atoms with Crippen molar-refractivity contribution in [2.75, 3.05) is 14.2 Å². The van der Waals surface area contributed by atoms with Gasteiger partial charge in [-0.1, -0.05) is 18.2 Å². The molecule has 150 valence electrons. The minimum Gasteiger partial charge on any atom is -0.497 e. The van der Waals surface area contributed by atoms with Gasteiger partial charge in [-0.15, -0.1) is 0 Å². The SMILES string of the molecule is COc1cccc(-c2c(C)cc3cc(OC)ccc3c2Oc2ccc(C=O)cc2)c1. The molecule has 0 amide bonds. The number of aryl methyl sites for hydroxylation is 1. The van der Waals surface area contributed by atoms with Gasteiger partial charge in [-0.05, 0) is 78.0 Å². The predicted octanol–water partition coefficient (Wildman–Crippen LogP) is 6.44. The second-order valence-corrected chi connectivity index (χ2v) is 7.01. The second-order valence-electron chi connectivity index (χ2n) is 7.01. The van der Waals surface area contributed by atoms with E-state index in [0.717, 1.165) is 51.0 Å². The van der Waals surface area contributed by atoms with Crippen LogP contribution in [0.25, 0.3) is 21.9 Å². The largest absolute Gasteiger partial charge is 0.497 e. The van der Waals surface area contributed by atoms with Crippen LogP contribution in [0.5, 0.6) is 23.0 Å². The molecule has 0 aliphatic carbocycles. The fourth-order valence-corrected chi connectivity index (χ4v) is 3.59. The summed E-state index contributed by atoms with van der Waals surface area (Å²) in [4.78, 5) is 11.0. The van der Waals surface area contributed by atoms with Crippen molar-refractivity contribution in [1.29, 1.82) is 0 Å². The molecular weight excluding hydrogens is 376 g/mol. The maximum atomic E-state index is 11.0. The van der Waals surface area contributed by atoms with Crippen molar-refractivity contribution in [3.63, 3.8) is 0 Å². The van der Waals surface area contributed by atoms with E-state index in [0.29, 0.717) is 11.3 Å². The molecule has 4 nitrogen and oxygen atoms in total. The van der Waals surface area contributed by atoms with E-state index in [-0.39, 0.29) is 0 Å². The summed E-state index contributed by atoms with van der Waals surface area (Å²) in [5, 5.41) is 2.00. The lowest BCUT2D eigenvalue weighted by molar-refractivity contribution is 0.112. The van der Waals surface area contributed by atoms with Gasteiger partial charge in [0.05, 0.1) is 14.2 Å². The van der Waals surface area contributed by atoms with Crippen molar-refractivity contribution in [1.82, 2.24) is 0 Å². The molecule has 0 heterocycles. The van der Waals surface area contributed by atoms with E-state index in [1.54, 1.807) is 38.5 Å². The molecule has 0 atom stereocenters. The quantitative estimate of drug-likeness (QED) is 0.351. The van der Waals surface area contributed by atoms with Crippen LogP contribution in [-0.4, -0.2) is 20.5 Å². The molecule has 0 saturated carbocycles. The minimum absolute atomic E-state index is 0.606. The Labute approximate surface area is 175 Å². The van der Waals surface area contributed by atoms with Gasteiger partial charge in [0.1, 0.15) is 29.3 Å². The number of carbonyl (C=O) groups excluding carboxylic acids is 1. The van der Waals surface area contributed by atoms with Crippen molar-refractivity contribution in [3.05, 3.63) is 83.9 Å². The molecule has 0 N–H and O–H groups in total.